The highest BCUT2D eigenvalue weighted by Crippen LogP contribution is 2.31. The lowest BCUT2D eigenvalue weighted by Gasteiger charge is -2.15. The van der Waals surface area contributed by atoms with Crippen LogP contribution in [-0.2, 0) is 0 Å². The molecule has 1 N–H and O–H groups in total. The van der Waals surface area contributed by atoms with Crippen molar-refractivity contribution in [3.8, 4) is 11.5 Å². The fourth-order valence-corrected chi connectivity index (χ4v) is 2.49. The second kappa shape index (κ2) is 7.64. The molecule has 3 nitrogen and oxygen atoms in total. The predicted molar refractivity (Wildman–Crippen MR) is 87.5 cm³/mol. The molecule has 112 valence electrons. The minimum atomic E-state index is 0.267. The molecule has 0 saturated carbocycles. The number of nitrogens with one attached hydrogen (secondary N) is 1. The van der Waals surface area contributed by atoms with Gasteiger partial charge in [-0.15, -0.1) is 0 Å². The van der Waals surface area contributed by atoms with Crippen LogP contribution in [0.15, 0.2) is 36.5 Å². The monoisotopic (exact) mass is 324 g/mol. The van der Waals surface area contributed by atoms with Gasteiger partial charge in [-0.25, -0.2) is 0 Å². The highest BCUT2D eigenvalue weighted by atomic mass is 35.5. The molecule has 0 amide bonds. The molecule has 0 radical (unpaired) electrons. The Morgan fingerprint density at radius 3 is 2.57 bits per heavy atom. The maximum atomic E-state index is 6.08. The molecule has 0 fully saturated rings. The van der Waals surface area contributed by atoms with Gasteiger partial charge in [-0.05, 0) is 43.3 Å². The van der Waals surface area contributed by atoms with Gasteiger partial charge in [0.25, 0.3) is 0 Å². The van der Waals surface area contributed by atoms with E-state index in [0.29, 0.717) is 21.5 Å². The molecule has 0 spiro atoms. The summed E-state index contributed by atoms with van der Waals surface area (Å²) in [5.74, 6) is 1.21. The van der Waals surface area contributed by atoms with Gasteiger partial charge in [0, 0.05) is 11.1 Å². The second-order valence-electron chi connectivity index (χ2n) is 4.61. The van der Waals surface area contributed by atoms with Crippen LogP contribution in [0.5, 0.6) is 11.5 Å². The largest absolute Gasteiger partial charge is 0.454 e. The number of rotatable bonds is 6. The fraction of sp³-hybridized carbons (Fsp3) is 0.312. The zero-order chi connectivity index (χ0) is 15.2. The summed E-state index contributed by atoms with van der Waals surface area (Å²) in [5.41, 5.74) is 1.01. The van der Waals surface area contributed by atoms with Gasteiger partial charge in [0.05, 0.1) is 16.9 Å². The minimum Gasteiger partial charge on any atom is -0.454 e. The van der Waals surface area contributed by atoms with E-state index in [4.69, 9.17) is 27.9 Å². The average molecular weight is 325 g/mol. The molecule has 0 saturated heterocycles. The van der Waals surface area contributed by atoms with Crippen molar-refractivity contribution in [2.45, 2.75) is 26.3 Å². The van der Waals surface area contributed by atoms with Crippen molar-refractivity contribution in [3.63, 3.8) is 0 Å². The Hall–Kier alpha value is -1.29. The summed E-state index contributed by atoms with van der Waals surface area (Å²) in [5, 5.41) is 4.45. The normalized spacial score (nSPS) is 12.2. The van der Waals surface area contributed by atoms with E-state index in [2.05, 4.69) is 24.1 Å². The first-order valence-electron chi connectivity index (χ1n) is 6.96. The molecule has 0 aliphatic rings. The molecule has 2 rings (SSSR count). The summed E-state index contributed by atoms with van der Waals surface area (Å²) in [7, 11) is 0. The Kier molecular flexibility index (Phi) is 5.85. The van der Waals surface area contributed by atoms with Crippen LogP contribution in [0.2, 0.25) is 10.0 Å². The van der Waals surface area contributed by atoms with Crippen molar-refractivity contribution in [1.29, 1.82) is 0 Å². The summed E-state index contributed by atoms with van der Waals surface area (Å²) in [6, 6.07) is 9.26. The average Bonchev–Trinajstić information content (AvgIpc) is 2.48. The smallest absolute Gasteiger partial charge is 0.146 e. The van der Waals surface area contributed by atoms with Crippen molar-refractivity contribution in [3.05, 3.63) is 52.3 Å². The maximum absolute atomic E-state index is 6.08. The lowest BCUT2D eigenvalue weighted by atomic mass is 10.1. The fourth-order valence-electron chi connectivity index (χ4n) is 2.05. The van der Waals surface area contributed by atoms with Crippen LogP contribution < -0.4 is 10.1 Å². The van der Waals surface area contributed by atoms with Crippen LogP contribution in [0.1, 0.15) is 32.0 Å². The standard InChI is InChI=1S/C16H18Cl2N2O/c1-3-14(19-4-2)15-7-6-12(10-20-15)21-16-8-5-11(17)9-13(16)18/h5-10,14,19H,3-4H2,1-2H3. The van der Waals surface area contributed by atoms with Crippen molar-refractivity contribution >= 4 is 23.2 Å². The van der Waals surface area contributed by atoms with E-state index in [-0.39, 0.29) is 6.04 Å². The quantitative estimate of drug-likeness (QED) is 0.788. The van der Waals surface area contributed by atoms with E-state index in [1.165, 1.54) is 0 Å². The first kappa shape index (κ1) is 16.1. The van der Waals surface area contributed by atoms with Crippen molar-refractivity contribution in [2.75, 3.05) is 6.54 Å². The van der Waals surface area contributed by atoms with E-state index < -0.39 is 0 Å². The molecule has 1 heterocycles. The number of benzene rings is 1. The first-order valence-corrected chi connectivity index (χ1v) is 7.71. The van der Waals surface area contributed by atoms with Crippen molar-refractivity contribution in [2.24, 2.45) is 0 Å². The van der Waals surface area contributed by atoms with E-state index in [9.17, 15) is 0 Å². The van der Waals surface area contributed by atoms with Crippen LogP contribution in [0.4, 0.5) is 0 Å². The summed E-state index contributed by atoms with van der Waals surface area (Å²) >= 11 is 11.9. The number of pyridine rings is 1. The molecule has 0 aliphatic carbocycles. The molecule has 0 aliphatic heterocycles. The number of nitrogens with zero attached hydrogens (tertiary/aromatic N) is 1. The van der Waals surface area contributed by atoms with E-state index in [1.54, 1.807) is 24.4 Å². The van der Waals surface area contributed by atoms with E-state index in [0.717, 1.165) is 18.7 Å². The minimum absolute atomic E-state index is 0.267. The molecule has 21 heavy (non-hydrogen) atoms. The molecular formula is C16H18Cl2N2O. The summed E-state index contributed by atoms with van der Waals surface area (Å²) in [6.45, 7) is 5.13. The lowest BCUT2D eigenvalue weighted by Crippen LogP contribution is -2.20. The third kappa shape index (κ3) is 4.34. The third-order valence-electron chi connectivity index (χ3n) is 3.10. The van der Waals surface area contributed by atoms with Gasteiger partial charge in [0.2, 0.25) is 0 Å². The highest BCUT2D eigenvalue weighted by Gasteiger charge is 2.10. The van der Waals surface area contributed by atoms with Gasteiger partial charge >= 0.3 is 0 Å². The Morgan fingerprint density at radius 1 is 1.19 bits per heavy atom. The first-order chi connectivity index (χ1) is 10.1. The number of halogens is 2. The van der Waals surface area contributed by atoms with Crippen molar-refractivity contribution < 1.29 is 4.74 Å². The van der Waals surface area contributed by atoms with Crippen LogP contribution in [0.25, 0.3) is 0 Å². The topological polar surface area (TPSA) is 34.1 Å². The van der Waals surface area contributed by atoms with E-state index >= 15 is 0 Å². The molecule has 2 aromatic rings. The van der Waals surface area contributed by atoms with Crippen LogP contribution in [0.3, 0.4) is 0 Å². The third-order valence-corrected chi connectivity index (χ3v) is 3.63. The molecular weight excluding hydrogens is 307 g/mol. The Morgan fingerprint density at radius 2 is 2.00 bits per heavy atom. The van der Waals surface area contributed by atoms with E-state index in [1.807, 2.05) is 12.1 Å². The summed E-state index contributed by atoms with van der Waals surface area (Å²) in [6.07, 6.45) is 2.70. The predicted octanol–water partition coefficient (Wildman–Crippen LogP) is 5.24. The molecule has 1 unspecified atom stereocenters. The molecule has 1 aromatic heterocycles. The maximum Gasteiger partial charge on any atom is 0.146 e. The van der Waals surface area contributed by atoms with Gasteiger partial charge in [0.1, 0.15) is 11.5 Å². The number of hydrogen-bond donors (Lipinski definition) is 1. The Labute approximate surface area is 135 Å². The summed E-state index contributed by atoms with van der Waals surface area (Å²) < 4.78 is 5.72. The molecule has 5 heteroatoms. The van der Waals surface area contributed by atoms with Gasteiger partial charge in [-0.3, -0.25) is 4.98 Å². The van der Waals surface area contributed by atoms with Crippen LogP contribution >= 0.6 is 23.2 Å². The Balaban J connectivity index is 2.11. The number of ether oxygens (including phenoxy) is 1. The van der Waals surface area contributed by atoms with Crippen LogP contribution in [-0.4, -0.2) is 11.5 Å². The zero-order valence-corrected chi connectivity index (χ0v) is 13.6. The van der Waals surface area contributed by atoms with Crippen LogP contribution in [0, 0.1) is 0 Å². The number of hydrogen-bond acceptors (Lipinski definition) is 3. The van der Waals surface area contributed by atoms with Gasteiger partial charge in [-0.1, -0.05) is 37.0 Å². The van der Waals surface area contributed by atoms with Gasteiger partial charge in [-0.2, -0.15) is 0 Å². The molecule has 0 bridgehead atoms. The number of aromatic nitrogens is 1. The lowest BCUT2D eigenvalue weighted by molar-refractivity contribution is 0.476. The zero-order valence-electron chi connectivity index (χ0n) is 12.1. The van der Waals surface area contributed by atoms with Crippen molar-refractivity contribution in [1.82, 2.24) is 10.3 Å². The molecule has 1 atom stereocenters. The molecule has 1 aromatic carbocycles. The van der Waals surface area contributed by atoms with Gasteiger partial charge < -0.3 is 10.1 Å². The second-order valence-corrected chi connectivity index (χ2v) is 5.46. The SMILES string of the molecule is CCNC(CC)c1ccc(Oc2ccc(Cl)cc2Cl)cn1. The summed E-state index contributed by atoms with van der Waals surface area (Å²) in [4.78, 5) is 4.46. The van der Waals surface area contributed by atoms with Gasteiger partial charge in [0.15, 0.2) is 0 Å². The highest BCUT2D eigenvalue weighted by molar-refractivity contribution is 6.35. The Bertz CT molecular complexity index is 587.